The van der Waals surface area contributed by atoms with Gasteiger partial charge in [-0.3, -0.25) is 9.59 Å². The van der Waals surface area contributed by atoms with Crippen molar-refractivity contribution in [1.82, 2.24) is 0 Å². The van der Waals surface area contributed by atoms with E-state index in [0.717, 1.165) is 0 Å². The van der Waals surface area contributed by atoms with Crippen molar-refractivity contribution in [3.63, 3.8) is 0 Å². The van der Waals surface area contributed by atoms with E-state index in [4.69, 9.17) is 23.2 Å². The molecule has 1 aliphatic rings. The Balaban J connectivity index is 2.70. The summed E-state index contributed by atoms with van der Waals surface area (Å²) >= 11 is 11.5. The van der Waals surface area contributed by atoms with Crippen LogP contribution in [-0.4, -0.2) is 33.5 Å². The van der Waals surface area contributed by atoms with Crippen molar-refractivity contribution in [2.24, 2.45) is 0 Å². The highest BCUT2D eigenvalue weighted by atomic mass is 35.5. The van der Waals surface area contributed by atoms with Crippen molar-refractivity contribution in [3.05, 3.63) is 0 Å². The van der Waals surface area contributed by atoms with Gasteiger partial charge in [0.1, 0.15) is 6.10 Å². The van der Waals surface area contributed by atoms with E-state index in [9.17, 15) is 14.7 Å². The molecule has 0 spiro atoms. The van der Waals surface area contributed by atoms with Gasteiger partial charge < -0.3 is 5.11 Å². The molecular weight excluding hydrogens is 215 g/mol. The Bertz CT molecular complexity index is 229. The quantitative estimate of drug-likeness (QED) is 0.492. The van der Waals surface area contributed by atoms with Crippen molar-refractivity contribution in [1.29, 1.82) is 0 Å². The summed E-state index contributed by atoms with van der Waals surface area (Å²) in [6, 6.07) is 0. The maximum atomic E-state index is 11.1. The van der Waals surface area contributed by atoms with E-state index in [-0.39, 0.29) is 18.2 Å². The van der Waals surface area contributed by atoms with Crippen molar-refractivity contribution >= 4 is 34.8 Å². The number of carbonyl (C=O) groups is 2. The average molecular weight is 225 g/mol. The van der Waals surface area contributed by atoms with E-state index in [1.165, 1.54) is 0 Å². The molecule has 3 unspecified atom stereocenters. The van der Waals surface area contributed by atoms with Crippen LogP contribution < -0.4 is 0 Å². The van der Waals surface area contributed by atoms with E-state index < -0.39 is 23.0 Å². The summed E-state index contributed by atoms with van der Waals surface area (Å²) in [7, 11) is 0. The predicted octanol–water partition coefficient (Wildman–Crippen LogP) is 0.884. The lowest BCUT2D eigenvalue weighted by Gasteiger charge is -2.19. The molecule has 0 radical (unpaired) electrons. The van der Waals surface area contributed by atoms with Gasteiger partial charge in [0.2, 0.25) is 11.6 Å². The number of ketones is 2. The third kappa shape index (κ3) is 2.93. The van der Waals surface area contributed by atoms with Gasteiger partial charge >= 0.3 is 0 Å². The van der Waals surface area contributed by atoms with Crippen LogP contribution in [0.4, 0.5) is 0 Å². The zero-order valence-electron chi connectivity index (χ0n) is 6.87. The van der Waals surface area contributed by atoms with Crippen LogP contribution >= 0.6 is 23.2 Å². The molecule has 1 N–H and O–H groups in total. The molecule has 0 heterocycles. The zero-order chi connectivity index (χ0) is 10.0. The largest absolute Gasteiger partial charge is 0.385 e. The molecule has 0 bridgehead atoms. The Morgan fingerprint density at radius 3 is 2.38 bits per heavy atom. The number of aliphatic hydroxyl groups excluding tert-OH is 1. The molecule has 3 atom stereocenters. The van der Waals surface area contributed by atoms with Gasteiger partial charge in [-0.2, -0.15) is 0 Å². The molecule has 3 nitrogen and oxygen atoms in total. The van der Waals surface area contributed by atoms with E-state index in [1.54, 1.807) is 0 Å². The minimum Gasteiger partial charge on any atom is -0.385 e. The molecule has 0 aliphatic heterocycles. The van der Waals surface area contributed by atoms with Gasteiger partial charge in [0.05, 0.1) is 0 Å². The fourth-order valence-corrected chi connectivity index (χ4v) is 2.12. The lowest BCUT2D eigenvalue weighted by molar-refractivity contribution is -0.142. The maximum absolute atomic E-state index is 11.1. The van der Waals surface area contributed by atoms with E-state index in [1.807, 2.05) is 0 Å². The second-order valence-corrected chi connectivity index (χ2v) is 4.41. The predicted molar refractivity (Wildman–Crippen MR) is 49.2 cm³/mol. The summed E-state index contributed by atoms with van der Waals surface area (Å²) in [5.41, 5.74) is 0. The van der Waals surface area contributed by atoms with Gasteiger partial charge in [0.25, 0.3) is 0 Å². The van der Waals surface area contributed by atoms with Gasteiger partial charge in [-0.1, -0.05) is 0 Å². The third-order valence-electron chi connectivity index (χ3n) is 1.97. The highest BCUT2D eigenvalue weighted by Gasteiger charge is 2.31. The molecule has 1 fully saturated rings. The lowest BCUT2D eigenvalue weighted by Crippen LogP contribution is -2.35. The summed E-state index contributed by atoms with van der Waals surface area (Å²) in [5.74, 6) is -1.37. The first-order valence-electron chi connectivity index (χ1n) is 4.04. The van der Waals surface area contributed by atoms with E-state index in [0.29, 0.717) is 6.42 Å². The molecular formula is C8H10Cl2O3. The summed E-state index contributed by atoms with van der Waals surface area (Å²) in [6.07, 6.45) is -0.728. The zero-order valence-corrected chi connectivity index (χ0v) is 8.38. The van der Waals surface area contributed by atoms with Crippen molar-refractivity contribution in [2.75, 3.05) is 0 Å². The maximum Gasteiger partial charge on any atom is 0.226 e. The number of halogens is 2. The van der Waals surface area contributed by atoms with Crippen molar-refractivity contribution < 1.29 is 14.7 Å². The number of hydrogen-bond acceptors (Lipinski definition) is 3. The van der Waals surface area contributed by atoms with Gasteiger partial charge in [-0.25, -0.2) is 0 Å². The summed E-state index contributed by atoms with van der Waals surface area (Å²) in [4.78, 5) is 22.1. The van der Waals surface area contributed by atoms with Crippen LogP contribution in [0.15, 0.2) is 0 Å². The molecule has 1 aliphatic carbocycles. The number of rotatable bonds is 0. The normalized spacial score (nSPS) is 37.0. The molecule has 0 saturated heterocycles. The molecule has 1 rings (SSSR count). The summed E-state index contributed by atoms with van der Waals surface area (Å²) in [6.45, 7) is 0. The summed E-state index contributed by atoms with van der Waals surface area (Å²) < 4.78 is 0. The van der Waals surface area contributed by atoms with Crippen LogP contribution in [0.25, 0.3) is 0 Å². The highest BCUT2D eigenvalue weighted by molar-refractivity contribution is 6.40. The Morgan fingerprint density at radius 2 is 1.77 bits per heavy atom. The first-order valence-corrected chi connectivity index (χ1v) is 4.91. The monoisotopic (exact) mass is 224 g/mol. The number of hydrogen-bond donors (Lipinski definition) is 1. The Hall–Kier alpha value is -0.120. The number of Topliss-reactive ketones (excluding diaryl/α,β-unsaturated/α-hetero) is 2. The summed E-state index contributed by atoms with van der Waals surface area (Å²) in [5, 5.41) is 8.48. The molecule has 0 aromatic carbocycles. The SMILES string of the molecule is O=C1CC(Cl)CC(Cl)CC(O)C1=O. The highest BCUT2D eigenvalue weighted by Crippen LogP contribution is 2.22. The number of aliphatic hydroxyl groups is 1. The fourth-order valence-electron chi connectivity index (χ4n) is 1.29. The number of alkyl halides is 2. The van der Waals surface area contributed by atoms with Crippen LogP contribution in [0.3, 0.4) is 0 Å². The molecule has 13 heavy (non-hydrogen) atoms. The molecule has 74 valence electrons. The smallest absolute Gasteiger partial charge is 0.226 e. The van der Waals surface area contributed by atoms with Gasteiger partial charge in [0.15, 0.2) is 0 Å². The average Bonchev–Trinajstić information content (AvgIpc) is 2.00. The van der Waals surface area contributed by atoms with Crippen LogP contribution in [0.5, 0.6) is 0 Å². The Morgan fingerprint density at radius 1 is 1.15 bits per heavy atom. The molecule has 0 aromatic heterocycles. The molecule has 5 heteroatoms. The molecule has 0 aromatic rings. The molecule has 1 saturated carbocycles. The minimum absolute atomic E-state index is 0.0271. The second kappa shape index (κ2) is 4.40. The standard InChI is InChI=1S/C8H10Cl2O3/c9-4-1-5(10)3-7(12)8(13)6(11)2-4/h4-6,11H,1-3H2. The molecule has 0 amide bonds. The van der Waals surface area contributed by atoms with Crippen LogP contribution in [0.2, 0.25) is 0 Å². The fraction of sp³-hybridized carbons (Fsp3) is 0.750. The van der Waals surface area contributed by atoms with E-state index >= 15 is 0 Å². The van der Waals surface area contributed by atoms with Crippen LogP contribution in [0.1, 0.15) is 19.3 Å². The third-order valence-corrected chi connectivity index (χ3v) is 2.66. The first-order chi connectivity index (χ1) is 6.00. The van der Waals surface area contributed by atoms with Crippen molar-refractivity contribution in [3.8, 4) is 0 Å². The van der Waals surface area contributed by atoms with E-state index in [2.05, 4.69) is 0 Å². The Labute approximate surface area is 86.0 Å². The van der Waals surface area contributed by atoms with Gasteiger partial charge in [-0.15, -0.1) is 23.2 Å². The number of carbonyl (C=O) groups excluding carboxylic acids is 2. The second-order valence-electron chi connectivity index (χ2n) is 3.17. The minimum atomic E-state index is -1.25. The van der Waals surface area contributed by atoms with Gasteiger partial charge in [0, 0.05) is 17.2 Å². The van der Waals surface area contributed by atoms with Gasteiger partial charge in [-0.05, 0) is 12.8 Å². The van der Waals surface area contributed by atoms with Crippen LogP contribution in [0, 0.1) is 0 Å². The topological polar surface area (TPSA) is 54.4 Å². The first kappa shape index (κ1) is 11.0. The Kier molecular flexibility index (Phi) is 3.71. The lowest BCUT2D eigenvalue weighted by atomic mass is 9.96. The van der Waals surface area contributed by atoms with Crippen LogP contribution in [-0.2, 0) is 9.59 Å². The van der Waals surface area contributed by atoms with Crippen molar-refractivity contribution in [2.45, 2.75) is 36.1 Å².